The summed E-state index contributed by atoms with van der Waals surface area (Å²) in [7, 11) is 0. The van der Waals surface area contributed by atoms with Crippen molar-refractivity contribution in [3.05, 3.63) is 61.7 Å². The van der Waals surface area contributed by atoms with Crippen molar-refractivity contribution < 1.29 is 13.9 Å². The molecule has 1 N–H and O–H groups in total. The van der Waals surface area contributed by atoms with Gasteiger partial charge in [0.25, 0.3) is 0 Å². The van der Waals surface area contributed by atoms with Gasteiger partial charge in [-0.1, -0.05) is 27.5 Å². The van der Waals surface area contributed by atoms with Crippen LogP contribution in [-0.4, -0.2) is 18.7 Å². The monoisotopic (exact) mass is 509 g/mol. The van der Waals surface area contributed by atoms with Crippen LogP contribution in [0.2, 0.25) is 5.02 Å². The first-order valence-corrected chi connectivity index (χ1v) is 9.45. The Morgan fingerprint density at radius 1 is 1.33 bits per heavy atom. The number of nitrogens with zero attached hydrogens (tertiary/aromatic N) is 2. The Morgan fingerprint density at radius 3 is 2.89 bits per heavy atom. The van der Waals surface area contributed by atoms with Crippen molar-refractivity contribution in [1.82, 2.24) is 5.43 Å². The zero-order valence-corrected chi connectivity index (χ0v) is 17.4. The number of amides is 1. The van der Waals surface area contributed by atoms with Crippen LogP contribution in [0.5, 0.6) is 5.75 Å². The van der Waals surface area contributed by atoms with Crippen molar-refractivity contribution in [2.45, 2.75) is 0 Å². The molecule has 1 aromatic heterocycles. The molecule has 136 valence electrons. The molecule has 0 radical (unpaired) electrons. The minimum atomic E-state index is -0.474. The van der Waals surface area contributed by atoms with Crippen LogP contribution in [0.3, 0.4) is 0 Å². The van der Waals surface area contributed by atoms with Gasteiger partial charge in [0.05, 0.1) is 15.7 Å². The highest BCUT2D eigenvalue weighted by atomic mass is 79.9. The third-order valence-corrected chi connectivity index (χ3v) is 4.75. The number of hydrogen-bond donors (Lipinski definition) is 1. The van der Waals surface area contributed by atoms with E-state index in [1.54, 1.807) is 24.3 Å². The summed E-state index contributed by atoms with van der Waals surface area (Å²) >= 11 is 12.8. The lowest BCUT2D eigenvalue weighted by Crippen LogP contribution is -2.16. The van der Waals surface area contributed by atoms with Gasteiger partial charge in [0.15, 0.2) is 18.1 Å². The van der Waals surface area contributed by atoms with Crippen molar-refractivity contribution in [3.8, 4) is 11.8 Å². The molecule has 0 atom stereocenters. The number of carbonyl (C=O) groups is 1. The van der Waals surface area contributed by atoms with Crippen LogP contribution in [0, 0.1) is 11.3 Å². The highest BCUT2D eigenvalue weighted by Gasteiger charge is 2.12. The molecule has 0 aliphatic rings. The fourth-order valence-corrected chi connectivity index (χ4v) is 3.61. The molecule has 1 heterocycles. The van der Waals surface area contributed by atoms with Gasteiger partial charge in [-0.25, -0.2) is 5.43 Å². The molecule has 0 bridgehead atoms. The number of hydrazone groups is 1. The van der Waals surface area contributed by atoms with Crippen molar-refractivity contribution in [2.24, 2.45) is 5.10 Å². The maximum absolute atomic E-state index is 12.2. The first-order valence-electron chi connectivity index (χ1n) is 7.49. The van der Waals surface area contributed by atoms with Gasteiger partial charge in [-0.3, -0.25) is 4.79 Å². The molecule has 3 aromatic rings. The standard InChI is InChI=1S/C18H10Br2ClN3O3/c19-12-1-2-15-11(7-12)8-16(27-15)18(25)24-23-9-10-5-13(20)17(14(21)6-10)26-4-3-22/h1-2,5-9H,4H2,(H,24,25)/b23-9+. The molecule has 0 aliphatic carbocycles. The SMILES string of the molecule is N#CCOc1c(Cl)cc(/C=N/NC(=O)c2cc3cc(Br)ccc3o2)cc1Br. The third-order valence-electron chi connectivity index (χ3n) is 3.38. The minimum Gasteiger partial charge on any atom is -0.476 e. The van der Waals surface area contributed by atoms with Gasteiger partial charge in [-0.05, 0) is 57.9 Å². The van der Waals surface area contributed by atoms with Crippen LogP contribution in [-0.2, 0) is 0 Å². The van der Waals surface area contributed by atoms with E-state index in [-0.39, 0.29) is 12.4 Å². The quantitative estimate of drug-likeness (QED) is 0.373. The Kier molecular flexibility index (Phi) is 6.16. The van der Waals surface area contributed by atoms with Gasteiger partial charge >= 0.3 is 5.91 Å². The second-order valence-corrected chi connectivity index (χ2v) is 7.43. The minimum absolute atomic E-state index is 0.115. The summed E-state index contributed by atoms with van der Waals surface area (Å²) in [6, 6.07) is 12.3. The first-order chi connectivity index (χ1) is 13.0. The molecule has 9 heteroatoms. The number of fused-ring (bicyclic) bond motifs is 1. The summed E-state index contributed by atoms with van der Waals surface area (Å²) in [5.74, 6) is 0.0465. The summed E-state index contributed by atoms with van der Waals surface area (Å²) in [5.41, 5.74) is 3.64. The Morgan fingerprint density at radius 2 is 2.15 bits per heavy atom. The zero-order valence-electron chi connectivity index (χ0n) is 13.5. The molecular weight excluding hydrogens is 501 g/mol. The summed E-state index contributed by atoms with van der Waals surface area (Å²) in [6.07, 6.45) is 1.43. The fraction of sp³-hybridized carbons (Fsp3) is 0.0556. The number of hydrogen-bond acceptors (Lipinski definition) is 5. The summed E-state index contributed by atoms with van der Waals surface area (Å²) in [4.78, 5) is 12.2. The molecule has 0 fully saturated rings. The normalized spacial score (nSPS) is 10.9. The van der Waals surface area contributed by atoms with Crippen molar-refractivity contribution in [1.29, 1.82) is 5.26 Å². The van der Waals surface area contributed by atoms with Crippen LogP contribution in [0.4, 0.5) is 0 Å². The van der Waals surface area contributed by atoms with Crippen molar-refractivity contribution in [2.75, 3.05) is 6.61 Å². The van der Waals surface area contributed by atoms with Crippen molar-refractivity contribution >= 4 is 66.6 Å². The molecular formula is C18H10Br2ClN3O3. The summed E-state index contributed by atoms with van der Waals surface area (Å²) in [5, 5.41) is 13.6. The molecule has 0 saturated carbocycles. The number of rotatable bonds is 5. The fourth-order valence-electron chi connectivity index (χ4n) is 2.24. The van der Waals surface area contributed by atoms with E-state index in [1.165, 1.54) is 6.21 Å². The van der Waals surface area contributed by atoms with Gasteiger partial charge in [0.1, 0.15) is 11.7 Å². The van der Waals surface area contributed by atoms with Crippen LogP contribution in [0.25, 0.3) is 11.0 Å². The Hall–Kier alpha value is -2.34. The Balaban J connectivity index is 1.71. The van der Waals surface area contributed by atoms with E-state index in [0.717, 1.165) is 9.86 Å². The number of carbonyl (C=O) groups excluding carboxylic acids is 1. The number of halogens is 3. The smallest absolute Gasteiger partial charge is 0.307 e. The van der Waals surface area contributed by atoms with Gasteiger partial charge in [0, 0.05) is 9.86 Å². The van der Waals surface area contributed by atoms with E-state index in [1.807, 2.05) is 18.2 Å². The Labute approximate surface area is 176 Å². The topological polar surface area (TPSA) is 87.6 Å². The number of furan rings is 1. The molecule has 0 saturated heterocycles. The van der Waals surface area contributed by atoms with Gasteiger partial charge in [-0.2, -0.15) is 10.4 Å². The summed E-state index contributed by atoms with van der Waals surface area (Å²) in [6.45, 7) is -0.115. The Bertz CT molecular complexity index is 1070. The maximum atomic E-state index is 12.2. The van der Waals surface area contributed by atoms with Crippen LogP contribution in [0.15, 0.2) is 54.9 Å². The van der Waals surface area contributed by atoms with Gasteiger partial charge in [0.2, 0.25) is 0 Å². The number of ether oxygens (including phenoxy) is 1. The van der Waals surface area contributed by atoms with Gasteiger partial charge < -0.3 is 9.15 Å². The zero-order chi connectivity index (χ0) is 19.4. The highest BCUT2D eigenvalue weighted by molar-refractivity contribution is 9.10. The predicted octanol–water partition coefficient (Wildman–Crippen LogP) is 5.28. The predicted molar refractivity (Wildman–Crippen MR) is 109 cm³/mol. The lowest BCUT2D eigenvalue weighted by Gasteiger charge is -2.07. The van der Waals surface area contributed by atoms with E-state index in [0.29, 0.717) is 26.4 Å². The highest BCUT2D eigenvalue weighted by Crippen LogP contribution is 2.34. The average Bonchev–Trinajstić information content (AvgIpc) is 3.04. The second-order valence-electron chi connectivity index (χ2n) is 5.25. The lowest BCUT2D eigenvalue weighted by atomic mass is 10.2. The molecule has 1 amide bonds. The van der Waals surface area contributed by atoms with Crippen LogP contribution in [0.1, 0.15) is 16.1 Å². The van der Waals surface area contributed by atoms with E-state index in [2.05, 4.69) is 42.4 Å². The molecule has 2 aromatic carbocycles. The van der Waals surface area contributed by atoms with E-state index >= 15 is 0 Å². The van der Waals surface area contributed by atoms with Crippen LogP contribution >= 0.6 is 43.5 Å². The molecule has 0 unspecified atom stereocenters. The first kappa shape index (κ1) is 19.4. The van der Waals surface area contributed by atoms with Crippen LogP contribution < -0.4 is 10.2 Å². The molecule has 6 nitrogen and oxygen atoms in total. The second kappa shape index (κ2) is 8.57. The molecule has 27 heavy (non-hydrogen) atoms. The maximum Gasteiger partial charge on any atom is 0.307 e. The van der Waals surface area contributed by atoms with E-state index in [4.69, 9.17) is 26.0 Å². The van der Waals surface area contributed by atoms with E-state index < -0.39 is 5.91 Å². The molecule has 3 rings (SSSR count). The van der Waals surface area contributed by atoms with Gasteiger partial charge in [-0.15, -0.1) is 0 Å². The van der Waals surface area contributed by atoms with E-state index in [9.17, 15) is 4.79 Å². The number of nitrogens with one attached hydrogen (secondary N) is 1. The largest absolute Gasteiger partial charge is 0.476 e. The lowest BCUT2D eigenvalue weighted by molar-refractivity contribution is 0.0929. The number of nitriles is 1. The number of benzene rings is 2. The molecule has 0 spiro atoms. The van der Waals surface area contributed by atoms with Crippen molar-refractivity contribution in [3.63, 3.8) is 0 Å². The average molecular weight is 512 g/mol. The summed E-state index contributed by atoms with van der Waals surface area (Å²) < 4.78 is 12.2. The molecule has 0 aliphatic heterocycles. The third kappa shape index (κ3) is 4.69.